The molecule has 10 heteroatoms. The quantitative estimate of drug-likeness (QED) is 0.720. The molecule has 0 radical (unpaired) electrons. The first-order valence-corrected chi connectivity index (χ1v) is 11.4. The molecule has 160 valence electrons. The van der Waals surface area contributed by atoms with Crippen LogP contribution in [0, 0.1) is 0 Å². The maximum absolute atomic E-state index is 13.1. The average Bonchev–Trinajstić information content (AvgIpc) is 3.41. The lowest BCUT2D eigenvalue weighted by molar-refractivity contribution is 0.102. The third-order valence-corrected chi connectivity index (χ3v) is 7.07. The zero-order valence-corrected chi connectivity index (χ0v) is 17.9. The smallest absolute Gasteiger partial charge is 0.255 e. The molecular formula is C20H21ClN2O6S. The Morgan fingerprint density at radius 1 is 1.20 bits per heavy atom. The Kier molecular flexibility index (Phi) is 5.77. The average molecular weight is 453 g/mol. The van der Waals surface area contributed by atoms with Crippen molar-refractivity contribution in [2.45, 2.75) is 24.7 Å². The van der Waals surface area contributed by atoms with Gasteiger partial charge in [0.2, 0.25) is 16.8 Å². The third-order valence-electron chi connectivity index (χ3n) is 4.87. The topological polar surface area (TPSA) is 94.2 Å². The number of amides is 1. The molecule has 4 rings (SSSR count). The molecule has 0 aromatic heterocycles. The Hall–Kier alpha value is -2.49. The van der Waals surface area contributed by atoms with Crippen molar-refractivity contribution < 1.29 is 27.4 Å². The summed E-state index contributed by atoms with van der Waals surface area (Å²) in [6.07, 6.45) is 1.65. The van der Waals surface area contributed by atoms with Gasteiger partial charge in [-0.05, 0) is 50.1 Å². The van der Waals surface area contributed by atoms with Crippen molar-refractivity contribution in [3.63, 3.8) is 0 Å². The Labute approximate surface area is 179 Å². The van der Waals surface area contributed by atoms with E-state index in [1.807, 2.05) is 0 Å². The fraction of sp³-hybridized carbons (Fsp3) is 0.350. The molecule has 0 bridgehead atoms. The van der Waals surface area contributed by atoms with Crippen LogP contribution in [0.25, 0.3) is 0 Å². The number of sulfonamides is 1. The summed E-state index contributed by atoms with van der Waals surface area (Å²) in [6, 6.07) is 7.57. The fourth-order valence-electron chi connectivity index (χ4n) is 3.43. The Balaban J connectivity index is 1.63. The van der Waals surface area contributed by atoms with Gasteiger partial charge in [0.15, 0.2) is 11.5 Å². The van der Waals surface area contributed by atoms with Crippen LogP contribution in [0.5, 0.6) is 17.2 Å². The summed E-state index contributed by atoms with van der Waals surface area (Å²) in [5.74, 6) is 0.585. The van der Waals surface area contributed by atoms with Crippen LogP contribution < -0.4 is 19.5 Å². The van der Waals surface area contributed by atoms with Crippen molar-refractivity contribution in [2.24, 2.45) is 0 Å². The first-order chi connectivity index (χ1) is 14.4. The van der Waals surface area contributed by atoms with E-state index in [4.69, 9.17) is 25.8 Å². The molecule has 1 fully saturated rings. The predicted octanol–water partition coefficient (Wildman–Crippen LogP) is 3.50. The SMILES string of the molecule is CCOc1ccc(NC(=O)c2cc(Cl)c3c(c2)OCO3)cc1S(=O)(=O)N1CCCC1. The fourth-order valence-corrected chi connectivity index (χ4v) is 5.37. The van der Waals surface area contributed by atoms with E-state index in [0.29, 0.717) is 36.9 Å². The van der Waals surface area contributed by atoms with Gasteiger partial charge in [0, 0.05) is 24.3 Å². The number of ether oxygens (including phenoxy) is 3. The number of nitrogens with one attached hydrogen (secondary N) is 1. The van der Waals surface area contributed by atoms with E-state index in [1.165, 1.54) is 22.5 Å². The molecule has 0 aliphatic carbocycles. The lowest BCUT2D eigenvalue weighted by Gasteiger charge is -2.19. The summed E-state index contributed by atoms with van der Waals surface area (Å²) in [6.45, 7) is 3.09. The molecule has 1 N–H and O–H groups in total. The van der Waals surface area contributed by atoms with Gasteiger partial charge in [-0.2, -0.15) is 4.31 Å². The van der Waals surface area contributed by atoms with Gasteiger partial charge < -0.3 is 19.5 Å². The number of rotatable bonds is 6. The van der Waals surface area contributed by atoms with Crippen molar-refractivity contribution >= 4 is 33.2 Å². The van der Waals surface area contributed by atoms with Crippen LogP contribution in [0.3, 0.4) is 0 Å². The zero-order chi connectivity index (χ0) is 21.3. The third kappa shape index (κ3) is 3.92. The highest BCUT2D eigenvalue weighted by atomic mass is 35.5. The normalized spacial score (nSPS) is 15.9. The summed E-state index contributed by atoms with van der Waals surface area (Å²) in [7, 11) is -3.73. The van der Waals surface area contributed by atoms with Gasteiger partial charge in [0.25, 0.3) is 5.91 Å². The van der Waals surface area contributed by atoms with Crippen molar-refractivity contribution in [3.05, 3.63) is 40.9 Å². The van der Waals surface area contributed by atoms with Crippen molar-refractivity contribution in [1.82, 2.24) is 4.31 Å². The van der Waals surface area contributed by atoms with Crippen LogP contribution in [0.1, 0.15) is 30.1 Å². The van der Waals surface area contributed by atoms with E-state index < -0.39 is 15.9 Å². The molecule has 2 aromatic rings. The van der Waals surface area contributed by atoms with Gasteiger partial charge in [0.1, 0.15) is 10.6 Å². The molecule has 2 aromatic carbocycles. The molecule has 2 heterocycles. The van der Waals surface area contributed by atoms with Gasteiger partial charge in [-0.25, -0.2) is 8.42 Å². The molecule has 30 heavy (non-hydrogen) atoms. The van der Waals surface area contributed by atoms with Crippen LogP contribution >= 0.6 is 11.6 Å². The Bertz CT molecular complexity index is 1080. The summed E-state index contributed by atoms with van der Waals surface area (Å²) >= 11 is 6.15. The van der Waals surface area contributed by atoms with Crippen LogP contribution in [0.2, 0.25) is 5.02 Å². The summed E-state index contributed by atoms with van der Waals surface area (Å²) in [4.78, 5) is 12.8. The largest absolute Gasteiger partial charge is 0.492 e. The molecule has 2 aliphatic heterocycles. The minimum Gasteiger partial charge on any atom is -0.492 e. The Morgan fingerprint density at radius 3 is 2.70 bits per heavy atom. The first-order valence-electron chi connectivity index (χ1n) is 9.57. The van der Waals surface area contributed by atoms with Gasteiger partial charge >= 0.3 is 0 Å². The number of hydrogen-bond donors (Lipinski definition) is 1. The van der Waals surface area contributed by atoms with Crippen molar-refractivity contribution in [2.75, 3.05) is 31.8 Å². The Morgan fingerprint density at radius 2 is 1.97 bits per heavy atom. The standard InChI is InChI=1S/C20H21ClN2O6S/c1-2-27-16-6-5-14(11-18(16)30(25,26)23-7-3-4-8-23)22-20(24)13-9-15(21)19-17(10-13)28-12-29-19/h5-6,9-11H,2-4,7-8,12H2,1H3,(H,22,24). The predicted molar refractivity (Wildman–Crippen MR) is 111 cm³/mol. The highest BCUT2D eigenvalue weighted by Gasteiger charge is 2.30. The second-order valence-corrected chi connectivity index (χ2v) is 9.17. The number of carbonyl (C=O) groups excluding carboxylic acids is 1. The van der Waals surface area contributed by atoms with Crippen LogP contribution in [-0.2, 0) is 10.0 Å². The zero-order valence-electron chi connectivity index (χ0n) is 16.3. The second-order valence-electron chi connectivity index (χ2n) is 6.85. The van der Waals surface area contributed by atoms with E-state index in [1.54, 1.807) is 19.1 Å². The van der Waals surface area contributed by atoms with Gasteiger partial charge in [-0.15, -0.1) is 0 Å². The minimum atomic E-state index is -3.73. The maximum Gasteiger partial charge on any atom is 0.255 e. The highest BCUT2D eigenvalue weighted by molar-refractivity contribution is 7.89. The number of anilines is 1. The number of fused-ring (bicyclic) bond motifs is 1. The molecule has 0 spiro atoms. The highest BCUT2D eigenvalue weighted by Crippen LogP contribution is 2.40. The summed E-state index contributed by atoms with van der Waals surface area (Å²) < 4.78 is 43.7. The van der Waals surface area contributed by atoms with Gasteiger partial charge in [0.05, 0.1) is 11.6 Å². The summed E-state index contributed by atoms with van der Waals surface area (Å²) in [5, 5.41) is 2.98. The lowest BCUT2D eigenvalue weighted by Crippen LogP contribution is -2.28. The number of benzene rings is 2. The lowest BCUT2D eigenvalue weighted by atomic mass is 10.2. The monoisotopic (exact) mass is 452 g/mol. The van der Waals surface area contributed by atoms with Crippen molar-refractivity contribution in [3.8, 4) is 17.2 Å². The molecule has 2 aliphatic rings. The first kappa shape index (κ1) is 20.8. The number of nitrogens with zero attached hydrogens (tertiary/aromatic N) is 1. The van der Waals surface area contributed by atoms with E-state index in [9.17, 15) is 13.2 Å². The maximum atomic E-state index is 13.1. The molecular weight excluding hydrogens is 432 g/mol. The van der Waals surface area contributed by atoms with E-state index >= 15 is 0 Å². The van der Waals surface area contributed by atoms with Crippen molar-refractivity contribution in [1.29, 1.82) is 0 Å². The molecule has 8 nitrogen and oxygen atoms in total. The number of hydrogen-bond acceptors (Lipinski definition) is 6. The van der Waals surface area contributed by atoms with Gasteiger partial charge in [-0.1, -0.05) is 11.6 Å². The van der Waals surface area contributed by atoms with Crippen LogP contribution in [-0.4, -0.2) is 45.1 Å². The molecule has 1 amide bonds. The molecule has 0 atom stereocenters. The van der Waals surface area contributed by atoms with E-state index in [-0.39, 0.29) is 28.0 Å². The minimum absolute atomic E-state index is 0.0350. The number of carbonyl (C=O) groups is 1. The molecule has 1 saturated heterocycles. The summed E-state index contributed by atoms with van der Waals surface area (Å²) in [5.41, 5.74) is 0.595. The van der Waals surface area contributed by atoms with Gasteiger partial charge in [-0.3, -0.25) is 4.79 Å². The van der Waals surface area contributed by atoms with Crippen LogP contribution in [0.4, 0.5) is 5.69 Å². The molecule has 0 saturated carbocycles. The van der Waals surface area contributed by atoms with E-state index in [0.717, 1.165) is 12.8 Å². The second kappa shape index (κ2) is 8.33. The number of halogens is 1. The van der Waals surface area contributed by atoms with E-state index in [2.05, 4.69) is 5.32 Å². The molecule has 0 unspecified atom stereocenters. The van der Waals surface area contributed by atoms with Crippen LogP contribution in [0.15, 0.2) is 35.2 Å².